The van der Waals surface area contributed by atoms with Gasteiger partial charge in [-0.05, 0) is 36.5 Å². The molecule has 6 nitrogen and oxygen atoms in total. The molecule has 3 rings (SSSR count). The van der Waals surface area contributed by atoms with Crippen molar-refractivity contribution in [2.45, 2.75) is 43.5 Å². The van der Waals surface area contributed by atoms with Gasteiger partial charge in [-0.15, -0.1) is 0 Å². The number of amides is 1. The highest BCUT2D eigenvalue weighted by atomic mass is 32.2. The van der Waals surface area contributed by atoms with Gasteiger partial charge in [-0.2, -0.15) is 4.31 Å². The number of rotatable bonds is 6. The van der Waals surface area contributed by atoms with Crippen LogP contribution in [0.1, 0.15) is 38.2 Å². The Bertz CT molecular complexity index is 706. The van der Waals surface area contributed by atoms with E-state index in [4.69, 9.17) is 0 Å². The van der Waals surface area contributed by atoms with Gasteiger partial charge >= 0.3 is 0 Å². The number of nitrogens with one attached hydrogen (secondary N) is 1. The third-order valence-electron chi connectivity index (χ3n) is 4.87. The van der Waals surface area contributed by atoms with Crippen LogP contribution >= 0.6 is 0 Å². The lowest BCUT2D eigenvalue weighted by Crippen LogP contribution is -2.50. The van der Waals surface area contributed by atoms with E-state index in [1.54, 1.807) is 17.0 Å². The molecule has 2 fully saturated rings. The lowest BCUT2D eigenvalue weighted by atomic mass is 10.0. The number of carbonyl (C=O) groups excluding carboxylic acids is 1. The third-order valence-corrected chi connectivity index (χ3v) is 6.78. The average Bonchev–Trinajstić information content (AvgIpc) is 3.45. The van der Waals surface area contributed by atoms with Gasteiger partial charge in [0.15, 0.2) is 0 Å². The molecular weight excluding hydrogens is 338 g/mol. The van der Waals surface area contributed by atoms with Crippen molar-refractivity contribution in [3.8, 4) is 0 Å². The zero-order chi connectivity index (χ0) is 18.0. The summed E-state index contributed by atoms with van der Waals surface area (Å²) in [5.41, 5.74) is 1.11. The standard InChI is InChI=1S/C18H27N3O3S/c1-14(2)15-3-7-17(8-4-15)25(23,24)21(16-5-6-16)13-18(22)20-11-9-19-10-12-20/h3-4,7-8,14,16,19H,5-6,9-13H2,1-2H3. The molecule has 1 saturated heterocycles. The summed E-state index contributed by atoms with van der Waals surface area (Å²) in [6.45, 7) is 6.90. The second-order valence-corrected chi connectivity index (χ2v) is 9.03. The van der Waals surface area contributed by atoms with E-state index in [1.807, 2.05) is 12.1 Å². The number of hydrogen-bond donors (Lipinski definition) is 1. The molecule has 0 aromatic heterocycles. The first-order valence-corrected chi connectivity index (χ1v) is 10.4. The van der Waals surface area contributed by atoms with Crippen LogP contribution in [0.25, 0.3) is 0 Å². The van der Waals surface area contributed by atoms with Crippen LogP contribution in [0.15, 0.2) is 29.2 Å². The van der Waals surface area contributed by atoms with E-state index >= 15 is 0 Å². The van der Waals surface area contributed by atoms with E-state index in [0.717, 1.165) is 31.5 Å². The summed E-state index contributed by atoms with van der Waals surface area (Å²) in [5, 5.41) is 3.20. The summed E-state index contributed by atoms with van der Waals surface area (Å²) in [6.07, 6.45) is 1.66. The molecule has 1 N–H and O–H groups in total. The number of benzene rings is 1. The maximum atomic E-state index is 13.1. The SMILES string of the molecule is CC(C)c1ccc(S(=O)(=O)N(CC(=O)N2CCNCC2)C2CC2)cc1. The Balaban J connectivity index is 1.77. The molecule has 1 aliphatic heterocycles. The van der Waals surface area contributed by atoms with Crippen LogP contribution in [0.5, 0.6) is 0 Å². The van der Waals surface area contributed by atoms with Gasteiger partial charge in [0.1, 0.15) is 0 Å². The number of piperazine rings is 1. The molecule has 1 amide bonds. The summed E-state index contributed by atoms with van der Waals surface area (Å²) in [6, 6.07) is 7.01. The van der Waals surface area contributed by atoms with Gasteiger partial charge in [-0.25, -0.2) is 8.42 Å². The topological polar surface area (TPSA) is 69.7 Å². The fourth-order valence-corrected chi connectivity index (χ4v) is 4.72. The molecule has 0 unspecified atom stereocenters. The van der Waals surface area contributed by atoms with E-state index in [2.05, 4.69) is 19.2 Å². The van der Waals surface area contributed by atoms with Crippen molar-refractivity contribution in [3.05, 3.63) is 29.8 Å². The highest BCUT2D eigenvalue weighted by molar-refractivity contribution is 7.89. The molecule has 0 spiro atoms. The van der Waals surface area contributed by atoms with Gasteiger partial charge < -0.3 is 10.2 Å². The fourth-order valence-electron chi connectivity index (χ4n) is 3.08. The molecule has 0 atom stereocenters. The summed E-state index contributed by atoms with van der Waals surface area (Å²) in [7, 11) is -3.64. The highest BCUT2D eigenvalue weighted by Crippen LogP contribution is 2.32. The molecule has 138 valence electrons. The largest absolute Gasteiger partial charge is 0.339 e. The van der Waals surface area contributed by atoms with Crippen molar-refractivity contribution in [3.63, 3.8) is 0 Å². The second-order valence-electron chi connectivity index (χ2n) is 7.14. The van der Waals surface area contributed by atoms with Crippen LogP contribution in [-0.2, 0) is 14.8 Å². The van der Waals surface area contributed by atoms with Crippen molar-refractivity contribution < 1.29 is 13.2 Å². The summed E-state index contributed by atoms with van der Waals surface area (Å²) in [4.78, 5) is 14.6. The Labute approximate surface area is 150 Å². The zero-order valence-corrected chi connectivity index (χ0v) is 15.8. The minimum atomic E-state index is -3.64. The van der Waals surface area contributed by atoms with E-state index in [-0.39, 0.29) is 23.4 Å². The van der Waals surface area contributed by atoms with Crippen LogP contribution in [-0.4, -0.2) is 62.3 Å². The quantitative estimate of drug-likeness (QED) is 0.827. The number of sulfonamides is 1. The monoisotopic (exact) mass is 365 g/mol. The van der Waals surface area contributed by atoms with Gasteiger partial charge in [0.05, 0.1) is 11.4 Å². The molecular formula is C18H27N3O3S. The van der Waals surface area contributed by atoms with Crippen molar-refractivity contribution in [1.29, 1.82) is 0 Å². The second kappa shape index (κ2) is 7.43. The molecule has 1 aromatic carbocycles. The lowest BCUT2D eigenvalue weighted by molar-refractivity contribution is -0.132. The Kier molecular flexibility index (Phi) is 5.46. The lowest BCUT2D eigenvalue weighted by Gasteiger charge is -2.30. The summed E-state index contributed by atoms with van der Waals surface area (Å²) < 4.78 is 27.5. The van der Waals surface area contributed by atoms with Crippen LogP contribution in [0.4, 0.5) is 0 Å². The van der Waals surface area contributed by atoms with Crippen molar-refractivity contribution in [2.24, 2.45) is 0 Å². The molecule has 2 aliphatic rings. The van der Waals surface area contributed by atoms with E-state index < -0.39 is 10.0 Å². The predicted molar refractivity (Wildman–Crippen MR) is 96.9 cm³/mol. The Morgan fingerprint density at radius 1 is 1.20 bits per heavy atom. The third kappa shape index (κ3) is 4.22. The first-order valence-electron chi connectivity index (χ1n) is 9.00. The smallest absolute Gasteiger partial charge is 0.243 e. The normalized spacial score (nSPS) is 18.8. The minimum absolute atomic E-state index is 0.0401. The molecule has 25 heavy (non-hydrogen) atoms. The number of hydrogen-bond acceptors (Lipinski definition) is 4. The van der Waals surface area contributed by atoms with Crippen LogP contribution in [0, 0.1) is 0 Å². The molecule has 1 heterocycles. The summed E-state index contributed by atoms with van der Waals surface area (Å²) in [5.74, 6) is 0.251. The maximum Gasteiger partial charge on any atom is 0.243 e. The zero-order valence-electron chi connectivity index (χ0n) is 14.9. The first-order chi connectivity index (χ1) is 11.9. The molecule has 7 heteroatoms. The molecule has 0 bridgehead atoms. The van der Waals surface area contributed by atoms with Gasteiger partial charge in [-0.3, -0.25) is 4.79 Å². The molecule has 1 saturated carbocycles. The first kappa shape index (κ1) is 18.4. The van der Waals surface area contributed by atoms with E-state index in [9.17, 15) is 13.2 Å². The van der Waals surface area contributed by atoms with Gasteiger partial charge in [0, 0.05) is 32.2 Å². The molecule has 0 radical (unpaired) electrons. The Morgan fingerprint density at radius 2 is 1.80 bits per heavy atom. The van der Waals surface area contributed by atoms with Crippen molar-refractivity contribution in [2.75, 3.05) is 32.7 Å². The molecule has 1 aliphatic carbocycles. The van der Waals surface area contributed by atoms with Crippen molar-refractivity contribution >= 4 is 15.9 Å². The van der Waals surface area contributed by atoms with E-state index in [0.29, 0.717) is 19.0 Å². The Hall–Kier alpha value is -1.44. The average molecular weight is 365 g/mol. The van der Waals surface area contributed by atoms with Gasteiger partial charge in [0.2, 0.25) is 15.9 Å². The van der Waals surface area contributed by atoms with Gasteiger partial charge in [-0.1, -0.05) is 26.0 Å². The maximum absolute atomic E-state index is 13.1. The highest BCUT2D eigenvalue weighted by Gasteiger charge is 2.40. The fraction of sp³-hybridized carbons (Fsp3) is 0.611. The predicted octanol–water partition coefficient (Wildman–Crippen LogP) is 1.39. The Morgan fingerprint density at radius 3 is 2.32 bits per heavy atom. The van der Waals surface area contributed by atoms with E-state index in [1.165, 1.54) is 4.31 Å². The minimum Gasteiger partial charge on any atom is -0.339 e. The van der Waals surface area contributed by atoms with Crippen molar-refractivity contribution in [1.82, 2.24) is 14.5 Å². The number of carbonyl (C=O) groups is 1. The van der Waals surface area contributed by atoms with Crippen LogP contribution < -0.4 is 5.32 Å². The van der Waals surface area contributed by atoms with Gasteiger partial charge in [0.25, 0.3) is 0 Å². The van der Waals surface area contributed by atoms with Crippen LogP contribution in [0.2, 0.25) is 0 Å². The summed E-state index contributed by atoms with van der Waals surface area (Å²) >= 11 is 0. The number of nitrogens with zero attached hydrogens (tertiary/aromatic N) is 2. The van der Waals surface area contributed by atoms with Crippen LogP contribution in [0.3, 0.4) is 0 Å². The molecule has 1 aromatic rings.